The van der Waals surface area contributed by atoms with E-state index >= 15 is 0 Å². The number of hydrogen-bond donors (Lipinski definition) is 2. The van der Waals surface area contributed by atoms with Crippen molar-refractivity contribution in [3.63, 3.8) is 0 Å². The molecule has 2 N–H and O–H groups in total. The molecule has 4 nitrogen and oxygen atoms in total. The van der Waals surface area contributed by atoms with E-state index in [1.165, 1.54) is 5.56 Å². The van der Waals surface area contributed by atoms with Crippen molar-refractivity contribution in [2.45, 2.75) is 25.6 Å². The van der Waals surface area contributed by atoms with Gasteiger partial charge >= 0.3 is 0 Å². The minimum absolute atomic E-state index is 0.0561. The Hall–Kier alpha value is -0.940. The van der Waals surface area contributed by atoms with E-state index in [0.29, 0.717) is 13.2 Å². The molecule has 0 unspecified atom stereocenters. The average Bonchev–Trinajstić information content (AvgIpc) is 2.48. The second kappa shape index (κ2) is 8.37. The van der Waals surface area contributed by atoms with Gasteiger partial charge < -0.3 is 19.8 Å². The first-order chi connectivity index (χ1) is 9.79. The van der Waals surface area contributed by atoms with E-state index < -0.39 is 0 Å². The van der Waals surface area contributed by atoms with Crippen LogP contribution >= 0.6 is 0 Å². The molecular weight excluding hydrogens is 254 g/mol. The molecule has 1 saturated heterocycles. The van der Waals surface area contributed by atoms with Crippen molar-refractivity contribution in [3.8, 4) is 0 Å². The van der Waals surface area contributed by atoms with Crippen LogP contribution in [0.25, 0.3) is 0 Å². The highest BCUT2D eigenvalue weighted by atomic mass is 16.5. The number of benzene rings is 1. The van der Waals surface area contributed by atoms with E-state index in [2.05, 4.69) is 17.0 Å². The first-order valence-electron chi connectivity index (χ1n) is 7.42. The number of ether oxygens (including phenoxy) is 1. The van der Waals surface area contributed by atoms with Gasteiger partial charge in [-0.1, -0.05) is 30.3 Å². The summed E-state index contributed by atoms with van der Waals surface area (Å²) in [4.78, 5) is 2.25. The van der Waals surface area contributed by atoms with E-state index in [-0.39, 0.29) is 18.6 Å². The molecule has 0 radical (unpaired) electrons. The summed E-state index contributed by atoms with van der Waals surface area (Å²) in [6.45, 7) is 4.07. The van der Waals surface area contributed by atoms with Gasteiger partial charge in [0.1, 0.15) is 0 Å². The van der Waals surface area contributed by atoms with E-state index in [9.17, 15) is 5.11 Å². The summed E-state index contributed by atoms with van der Waals surface area (Å²) in [6, 6.07) is 10.2. The number of likely N-dealkylation sites (tertiary alicyclic amines) is 1. The number of aliphatic hydroxyl groups excluding tert-OH is 2. The largest absolute Gasteiger partial charge is 0.396 e. The second-order valence-electron chi connectivity index (χ2n) is 5.49. The molecule has 1 fully saturated rings. The predicted octanol–water partition coefficient (Wildman–Crippen LogP) is 1.27. The maximum atomic E-state index is 9.86. The maximum absolute atomic E-state index is 9.86. The van der Waals surface area contributed by atoms with Crippen LogP contribution in [0.2, 0.25) is 0 Å². The van der Waals surface area contributed by atoms with Crippen molar-refractivity contribution in [1.82, 2.24) is 4.90 Å². The SMILES string of the molecule is OC[C@H]1CCN(CCCOCc2ccccc2)C[C@@H]1O. The summed E-state index contributed by atoms with van der Waals surface area (Å²) in [5.41, 5.74) is 1.20. The van der Waals surface area contributed by atoms with Gasteiger partial charge in [-0.15, -0.1) is 0 Å². The predicted molar refractivity (Wildman–Crippen MR) is 78.4 cm³/mol. The van der Waals surface area contributed by atoms with Gasteiger partial charge in [0.25, 0.3) is 0 Å². The first kappa shape index (κ1) is 15.4. The van der Waals surface area contributed by atoms with Crippen molar-refractivity contribution in [2.24, 2.45) is 5.92 Å². The number of aliphatic hydroxyl groups is 2. The number of piperidine rings is 1. The Labute approximate surface area is 121 Å². The van der Waals surface area contributed by atoms with Crippen molar-refractivity contribution in [1.29, 1.82) is 0 Å². The Kier molecular flexibility index (Phi) is 6.47. The summed E-state index contributed by atoms with van der Waals surface area (Å²) >= 11 is 0. The van der Waals surface area contributed by atoms with Crippen LogP contribution < -0.4 is 0 Å². The topological polar surface area (TPSA) is 52.9 Å². The summed E-state index contributed by atoms with van der Waals surface area (Å²) in [5.74, 6) is 0.0561. The number of β-amino-alcohol motifs (C(OH)–C–C–N with tert-alkyl or cyclic N) is 1. The average molecular weight is 279 g/mol. The molecular formula is C16H25NO3. The molecule has 1 aliphatic heterocycles. The number of rotatable bonds is 7. The summed E-state index contributed by atoms with van der Waals surface area (Å²) in [5, 5.41) is 19.0. The molecule has 0 spiro atoms. The Bertz CT molecular complexity index is 371. The minimum Gasteiger partial charge on any atom is -0.396 e. The van der Waals surface area contributed by atoms with Gasteiger partial charge in [0.15, 0.2) is 0 Å². The highest BCUT2D eigenvalue weighted by molar-refractivity contribution is 5.13. The van der Waals surface area contributed by atoms with Crippen LogP contribution in [0.3, 0.4) is 0 Å². The van der Waals surface area contributed by atoms with Gasteiger partial charge in [-0.05, 0) is 24.9 Å². The van der Waals surface area contributed by atoms with Crippen LogP contribution in [-0.4, -0.2) is 54.1 Å². The van der Waals surface area contributed by atoms with Crippen LogP contribution in [0.1, 0.15) is 18.4 Å². The molecule has 1 aromatic carbocycles. The second-order valence-corrected chi connectivity index (χ2v) is 5.49. The lowest BCUT2D eigenvalue weighted by molar-refractivity contribution is -0.00491. The van der Waals surface area contributed by atoms with Gasteiger partial charge in [-0.2, -0.15) is 0 Å². The van der Waals surface area contributed by atoms with Crippen LogP contribution in [0, 0.1) is 5.92 Å². The summed E-state index contributed by atoms with van der Waals surface area (Å²) in [7, 11) is 0. The van der Waals surface area contributed by atoms with Crippen molar-refractivity contribution >= 4 is 0 Å². The third-order valence-electron chi connectivity index (χ3n) is 3.91. The van der Waals surface area contributed by atoms with E-state index in [1.54, 1.807) is 0 Å². The smallest absolute Gasteiger partial charge is 0.0717 e. The van der Waals surface area contributed by atoms with Crippen LogP contribution in [0.4, 0.5) is 0 Å². The Morgan fingerprint density at radius 1 is 1.25 bits per heavy atom. The standard InChI is InChI=1S/C16H25NO3/c18-12-15-7-9-17(11-16(15)19)8-4-10-20-13-14-5-2-1-3-6-14/h1-3,5-6,15-16,18-19H,4,7-13H2/t15-,16+/m1/s1. The third-order valence-corrected chi connectivity index (χ3v) is 3.91. The van der Waals surface area contributed by atoms with Crippen molar-refractivity contribution < 1.29 is 14.9 Å². The van der Waals surface area contributed by atoms with Gasteiger partial charge in [0, 0.05) is 32.2 Å². The Morgan fingerprint density at radius 3 is 2.75 bits per heavy atom. The minimum atomic E-state index is -0.390. The molecule has 1 aromatic rings. The number of nitrogens with zero attached hydrogens (tertiary/aromatic N) is 1. The zero-order valence-corrected chi connectivity index (χ0v) is 11.9. The highest BCUT2D eigenvalue weighted by Crippen LogP contribution is 2.17. The van der Waals surface area contributed by atoms with Gasteiger partial charge in [-0.3, -0.25) is 0 Å². The highest BCUT2D eigenvalue weighted by Gasteiger charge is 2.26. The third kappa shape index (κ3) is 4.87. The van der Waals surface area contributed by atoms with Crippen LogP contribution in [0.15, 0.2) is 30.3 Å². The van der Waals surface area contributed by atoms with E-state index in [0.717, 1.165) is 32.5 Å². The molecule has 1 aliphatic rings. The molecule has 4 heteroatoms. The molecule has 2 rings (SSSR count). The Balaban J connectivity index is 1.55. The first-order valence-corrected chi connectivity index (χ1v) is 7.42. The van der Waals surface area contributed by atoms with Crippen molar-refractivity contribution in [2.75, 3.05) is 32.8 Å². The molecule has 20 heavy (non-hydrogen) atoms. The van der Waals surface area contributed by atoms with Crippen LogP contribution in [-0.2, 0) is 11.3 Å². The normalized spacial score (nSPS) is 23.9. The molecule has 0 saturated carbocycles. The lowest BCUT2D eigenvalue weighted by Crippen LogP contribution is -2.45. The molecule has 0 bridgehead atoms. The lowest BCUT2D eigenvalue weighted by Gasteiger charge is -2.35. The van der Waals surface area contributed by atoms with E-state index in [4.69, 9.17) is 9.84 Å². The molecule has 2 atom stereocenters. The van der Waals surface area contributed by atoms with Gasteiger partial charge in [0.2, 0.25) is 0 Å². The Morgan fingerprint density at radius 2 is 2.05 bits per heavy atom. The maximum Gasteiger partial charge on any atom is 0.0717 e. The zero-order valence-electron chi connectivity index (χ0n) is 11.9. The summed E-state index contributed by atoms with van der Waals surface area (Å²) in [6.07, 6.45) is 1.46. The quantitative estimate of drug-likeness (QED) is 0.738. The molecule has 1 heterocycles. The van der Waals surface area contributed by atoms with Gasteiger partial charge in [-0.25, -0.2) is 0 Å². The monoisotopic (exact) mass is 279 g/mol. The fourth-order valence-corrected chi connectivity index (χ4v) is 2.62. The zero-order chi connectivity index (χ0) is 14.2. The van der Waals surface area contributed by atoms with Crippen molar-refractivity contribution in [3.05, 3.63) is 35.9 Å². The fraction of sp³-hybridized carbons (Fsp3) is 0.625. The van der Waals surface area contributed by atoms with Gasteiger partial charge in [0.05, 0.1) is 12.7 Å². The molecule has 0 aromatic heterocycles. The summed E-state index contributed by atoms with van der Waals surface area (Å²) < 4.78 is 5.65. The fourth-order valence-electron chi connectivity index (χ4n) is 2.62. The number of hydrogen-bond acceptors (Lipinski definition) is 4. The van der Waals surface area contributed by atoms with Crippen LogP contribution in [0.5, 0.6) is 0 Å². The lowest BCUT2D eigenvalue weighted by atomic mass is 9.95. The van der Waals surface area contributed by atoms with E-state index in [1.807, 2.05) is 18.2 Å². The molecule has 112 valence electrons. The molecule has 0 aliphatic carbocycles. The molecule has 0 amide bonds.